The first-order valence-electron chi connectivity index (χ1n) is 10.1. The van der Waals surface area contributed by atoms with Crippen molar-refractivity contribution in [2.75, 3.05) is 18.0 Å². The molecule has 0 saturated carbocycles. The van der Waals surface area contributed by atoms with Crippen LogP contribution in [0.5, 0.6) is 0 Å². The summed E-state index contributed by atoms with van der Waals surface area (Å²) in [5.41, 5.74) is 5.60. The van der Waals surface area contributed by atoms with E-state index in [0.29, 0.717) is 25.9 Å². The Morgan fingerprint density at radius 3 is 2.19 bits per heavy atom. The lowest BCUT2D eigenvalue weighted by Gasteiger charge is -2.31. The Morgan fingerprint density at radius 2 is 1.61 bits per heavy atom. The molecule has 0 radical (unpaired) electrons. The molecule has 0 atom stereocenters. The van der Waals surface area contributed by atoms with Crippen LogP contribution in [0.15, 0.2) is 40.6 Å². The summed E-state index contributed by atoms with van der Waals surface area (Å²) in [5.74, 6) is -2.06. The van der Waals surface area contributed by atoms with Crippen LogP contribution in [0, 0.1) is 32.4 Å². The van der Waals surface area contributed by atoms with Gasteiger partial charge in [0.05, 0.1) is 10.9 Å². The van der Waals surface area contributed by atoms with E-state index in [2.05, 4.69) is 37.8 Å². The average molecular weight is 463 g/mol. The first-order chi connectivity index (χ1) is 14.7. The molecule has 0 amide bonds. The van der Waals surface area contributed by atoms with Crippen LogP contribution in [-0.4, -0.2) is 31.7 Å². The van der Waals surface area contributed by atoms with Gasteiger partial charge in [-0.25, -0.2) is 22.2 Å². The number of halogens is 2. The summed E-state index contributed by atoms with van der Waals surface area (Å²) in [6.45, 7) is 7.16. The van der Waals surface area contributed by atoms with Crippen molar-refractivity contribution in [3.8, 4) is 11.3 Å². The number of piperidine rings is 1. The van der Waals surface area contributed by atoms with Gasteiger partial charge in [0.15, 0.2) is 15.0 Å². The second-order valence-electron chi connectivity index (χ2n) is 8.07. The van der Waals surface area contributed by atoms with E-state index in [0.717, 1.165) is 28.5 Å². The van der Waals surface area contributed by atoms with Crippen LogP contribution in [0.25, 0.3) is 11.3 Å². The van der Waals surface area contributed by atoms with Gasteiger partial charge in [-0.15, -0.1) is 11.3 Å². The van der Waals surface area contributed by atoms with E-state index in [9.17, 15) is 17.2 Å². The number of hydrogen-bond donors (Lipinski definition) is 0. The third kappa shape index (κ3) is 4.11. The maximum atomic E-state index is 14.1. The lowest BCUT2D eigenvalue weighted by molar-refractivity contribution is 0.497. The fraction of sp³-hybridized carbons (Fsp3) is 0.348. The van der Waals surface area contributed by atoms with Crippen molar-refractivity contribution >= 4 is 26.3 Å². The molecule has 8 heteroatoms. The first-order valence-corrected chi connectivity index (χ1v) is 12.6. The lowest BCUT2D eigenvalue weighted by atomic mass is 9.98. The zero-order valence-electron chi connectivity index (χ0n) is 17.7. The SMILES string of the molecule is Cc1cc(C)c(-c2csc(N3CCC(S(=O)(=O)c4c(F)cccc4F)CC3)n2)c(C)c1. The topological polar surface area (TPSA) is 50.3 Å². The number of anilines is 1. The molecular formula is C23H24F2N2O2S2. The highest BCUT2D eigenvalue weighted by molar-refractivity contribution is 7.92. The van der Waals surface area contributed by atoms with Crippen molar-refractivity contribution in [2.45, 2.75) is 43.8 Å². The molecule has 164 valence electrons. The molecule has 1 aliphatic heterocycles. The van der Waals surface area contributed by atoms with Gasteiger partial charge in [0.2, 0.25) is 0 Å². The number of sulfone groups is 1. The lowest BCUT2D eigenvalue weighted by Crippen LogP contribution is -2.39. The van der Waals surface area contributed by atoms with Crippen molar-refractivity contribution in [3.05, 3.63) is 64.0 Å². The number of rotatable bonds is 4. The smallest absolute Gasteiger partial charge is 0.187 e. The fourth-order valence-corrected chi connectivity index (χ4v) is 7.10. The Kier molecular flexibility index (Phi) is 5.87. The quantitative estimate of drug-likeness (QED) is 0.517. The van der Waals surface area contributed by atoms with E-state index in [-0.39, 0.29) is 0 Å². The standard InChI is InChI=1S/C23H24F2N2O2S2/c1-14-11-15(2)21(16(3)12-14)20-13-30-23(26-20)27-9-7-17(8-10-27)31(28,29)22-18(24)5-4-6-19(22)25/h4-6,11-13,17H,7-10H2,1-3H3. The van der Waals surface area contributed by atoms with Gasteiger partial charge >= 0.3 is 0 Å². The zero-order chi connectivity index (χ0) is 22.3. The Balaban J connectivity index is 1.52. The van der Waals surface area contributed by atoms with Gasteiger partial charge in [-0.05, 0) is 56.9 Å². The number of hydrogen-bond acceptors (Lipinski definition) is 5. The third-order valence-corrected chi connectivity index (χ3v) is 8.99. The Bertz CT molecular complexity index is 1190. The van der Waals surface area contributed by atoms with E-state index in [4.69, 9.17) is 4.98 Å². The van der Waals surface area contributed by atoms with Gasteiger partial charge in [0.1, 0.15) is 16.5 Å². The van der Waals surface area contributed by atoms with Gasteiger partial charge in [-0.1, -0.05) is 23.8 Å². The van der Waals surface area contributed by atoms with E-state index in [1.165, 1.54) is 34.1 Å². The molecule has 1 fully saturated rings. The largest absolute Gasteiger partial charge is 0.348 e. The molecule has 0 aliphatic carbocycles. The van der Waals surface area contributed by atoms with E-state index in [1.807, 2.05) is 5.38 Å². The minimum Gasteiger partial charge on any atom is -0.348 e. The molecule has 0 spiro atoms. The summed E-state index contributed by atoms with van der Waals surface area (Å²) in [6, 6.07) is 7.41. The summed E-state index contributed by atoms with van der Waals surface area (Å²) >= 11 is 1.53. The van der Waals surface area contributed by atoms with Gasteiger partial charge < -0.3 is 4.90 Å². The summed E-state index contributed by atoms with van der Waals surface area (Å²) in [5, 5.41) is 2.05. The van der Waals surface area contributed by atoms with Gasteiger partial charge in [-0.2, -0.15) is 0 Å². The van der Waals surface area contributed by atoms with Crippen LogP contribution in [0.2, 0.25) is 0 Å². The number of thiazole rings is 1. The maximum absolute atomic E-state index is 14.1. The highest BCUT2D eigenvalue weighted by atomic mass is 32.2. The van der Waals surface area contributed by atoms with Gasteiger partial charge in [0.25, 0.3) is 0 Å². The molecular weight excluding hydrogens is 438 g/mol. The van der Waals surface area contributed by atoms with Crippen molar-refractivity contribution < 1.29 is 17.2 Å². The Hall–Kier alpha value is -2.32. The zero-order valence-corrected chi connectivity index (χ0v) is 19.3. The van der Waals surface area contributed by atoms with Gasteiger partial charge in [-0.3, -0.25) is 0 Å². The predicted molar refractivity (Wildman–Crippen MR) is 121 cm³/mol. The van der Waals surface area contributed by atoms with Crippen LogP contribution < -0.4 is 4.90 Å². The molecule has 1 aliphatic rings. The van der Waals surface area contributed by atoms with Crippen molar-refractivity contribution in [3.63, 3.8) is 0 Å². The summed E-state index contributed by atoms with van der Waals surface area (Å²) in [6.07, 6.45) is 0.598. The van der Waals surface area contributed by atoms with E-state index >= 15 is 0 Å². The maximum Gasteiger partial charge on any atom is 0.187 e. The van der Waals surface area contributed by atoms with Crippen LogP contribution in [0.1, 0.15) is 29.5 Å². The third-order valence-electron chi connectivity index (χ3n) is 5.78. The van der Waals surface area contributed by atoms with Crippen molar-refractivity contribution in [1.29, 1.82) is 0 Å². The second-order valence-corrected chi connectivity index (χ2v) is 11.1. The molecule has 1 aromatic heterocycles. The molecule has 0 unspecified atom stereocenters. The summed E-state index contributed by atoms with van der Waals surface area (Å²) in [4.78, 5) is 6.05. The predicted octanol–water partition coefficient (Wildman–Crippen LogP) is 5.46. The first kappa shape index (κ1) is 21.9. The summed E-state index contributed by atoms with van der Waals surface area (Å²) in [7, 11) is -4.08. The molecule has 4 nitrogen and oxygen atoms in total. The summed E-state index contributed by atoms with van der Waals surface area (Å²) < 4.78 is 53.8. The van der Waals surface area contributed by atoms with Crippen LogP contribution in [0.4, 0.5) is 13.9 Å². The molecule has 2 aromatic carbocycles. The normalized spacial score (nSPS) is 15.5. The Labute approximate surface area is 185 Å². The minimum atomic E-state index is -4.08. The molecule has 1 saturated heterocycles. The number of benzene rings is 2. The molecule has 0 bridgehead atoms. The number of aryl methyl sites for hydroxylation is 3. The van der Waals surface area contributed by atoms with Crippen molar-refractivity contribution in [2.24, 2.45) is 0 Å². The minimum absolute atomic E-state index is 0.299. The molecule has 4 rings (SSSR count). The fourth-order valence-electron chi connectivity index (χ4n) is 4.39. The highest BCUT2D eigenvalue weighted by Gasteiger charge is 2.35. The number of nitrogens with zero attached hydrogens (tertiary/aromatic N) is 2. The van der Waals surface area contributed by atoms with Crippen molar-refractivity contribution in [1.82, 2.24) is 4.98 Å². The molecule has 3 aromatic rings. The van der Waals surface area contributed by atoms with E-state index in [1.54, 1.807) is 0 Å². The molecule has 0 N–H and O–H groups in total. The Morgan fingerprint density at radius 1 is 1.03 bits per heavy atom. The van der Waals surface area contributed by atoms with Crippen LogP contribution in [0.3, 0.4) is 0 Å². The second kappa shape index (κ2) is 8.31. The van der Waals surface area contributed by atoms with Crippen LogP contribution >= 0.6 is 11.3 Å². The average Bonchev–Trinajstić information content (AvgIpc) is 3.16. The van der Waals surface area contributed by atoms with Crippen LogP contribution in [-0.2, 0) is 9.84 Å². The highest BCUT2D eigenvalue weighted by Crippen LogP contribution is 2.35. The van der Waals surface area contributed by atoms with E-state index < -0.39 is 31.6 Å². The molecule has 2 heterocycles. The number of aromatic nitrogens is 1. The monoisotopic (exact) mass is 462 g/mol. The van der Waals surface area contributed by atoms with Gasteiger partial charge in [0, 0.05) is 24.0 Å². The molecule has 31 heavy (non-hydrogen) atoms.